The molecule has 0 atom stereocenters. The Labute approximate surface area is 146 Å². The number of hydrogen-bond donors (Lipinski definition) is 2. The summed E-state index contributed by atoms with van der Waals surface area (Å²) >= 11 is 0. The van der Waals surface area contributed by atoms with Crippen LogP contribution in [-0.4, -0.2) is 15.0 Å². The summed E-state index contributed by atoms with van der Waals surface area (Å²) < 4.78 is 37.9. The molecule has 4 aromatic rings. The van der Waals surface area contributed by atoms with E-state index in [1.807, 2.05) is 30.5 Å². The number of nitrogens with one attached hydrogen (secondary N) is 2. The van der Waals surface area contributed by atoms with Crippen LogP contribution in [0.4, 0.5) is 24.7 Å². The molecule has 2 N–H and O–H groups in total. The molecular weight excluding hydrogens is 341 g/mol. The molecule has 0 saturated heterocycles. The summed E-state index contributed by atoms with van der Waals surface area (Å²) in [5.74, 6) is 0.454. The van der Waals surface area contributed by atoms with Crippen molar-refractivity contribution in [3.05, 3.63) is 72.7 Å². The van der Waals surface area contributed by atoms with Gasteiger partial charge in [-0.1, -0.05) is 12.1 Å². The van der Waals surface area contributed by atoms with Gasteiger partial charge in [0.15, 0.2) is 0 Å². The molecule has 2 heterocycles. The molecule has 0 fully saturated rings. The Hall–Kier alpha value is -3.35. The van der Waals surface area contributed by atoms with Gasteiger partial charge in [-0.2, -0.15) is 13.2 Å². The number of nitrogens with zero attached hydrogens (tertiary/aromatic N) is 2. The first-order valence-electron chi connectivity index (χ1n) is 7.83. The van der Waals surface area contributed by atoms with Gasteiger partial charge in [-0.3, -0.25) is 4.98 Å². The van der Waals surface area contributed by atoms with E-state index in [2.05, 4.69) is 20.3 Å². The van der Waals surface area contributed by atoms with Gasteiger partial charge >= 0.3 is 6.18 Å². The fourth-order valence-electron chi connectivity index (χ4n) is 2.76. The number of fused-ring (bicyclic) bond motifs is 1. The Bertz CT molecular complexity index is 1050. The summed E-state index contributed by atoms with van der Waals surface area (Å²) in [4.78, 5) is 11.9. The van der Waals surface area contributed by atoms with Crippen LogP contribution < -0.4 is 5.32 Å². The molecule has 0 aliphatic rings. The molecule has 2 aromatic carbocycles. The maximum atomic E-state index is 12.6. The molecule has 0 radical (unpaired) electrons. The lowest BCUT2D eigenvalue weighted by molar-refractivity contribution is -0.137. The maximum Gasteiger partial charge on any atom is 0.416 e. The van der Waals surface area contributed by atoms with Crippen molar-refractivity contribution in [3.63, 3.8) is 0 Å². The van der Waals surface area contributed by atoms with Crippen LogP contribution in [0, 0.1) is 0 Å². The minimum atomic E-state index is -4.35. The van der Waals surface area contributed by atoms with Gasteiger partial charge in [0.1, 0.15) is 5.82 Å². The number of rotatable bonds is 3. The zero-order valence-corrected chi connectivity index (χ0v) is 13.4. The van der Waals surface area contributed by atoms with Gasteiger partial charge < -0.3 is 10.3 Å². The van der Waals surface area contributed by atoms with E-state index in [1.165, 1.54) is 18.3 Å². The fourth-order valence-corrected chi connectivity index (χ4v) is 2.76. The molecule has 4 nitrogen and oxygen atoms in total. The second-order valence-corrected chi connectivity index (χ2v) is 5.73. The molecule has 7 heteroatoms. The molecule has 130 valence electrons. The Morgan fingerprint density at radius 1 is 0.923 bits per heavy atom. The molecule has 0 unspecified atom stereocenters. The number of benzene rings is 2. The van der Waals surface area contributed by atoms with Crippen molar-refractivity contribution in [2.75, 3.05) is 5.32 Å². The standard InChI is InChI=1S/C19H13F3N4/c20-19(21,22)12-4-6-13(7-5-12)25-18-11-23-10-17(26-18)14-2-1-3-16-15(14)8-9-24-16/h1-11,24H,(H,25,26). The fraction of sp³-hybridized carbons (Fsp3) is 0.0526. The van der Waals surface area contributed by atoms with Crippen molar-refractivity contribution in [1.29, 1.82) is 0 Å². The number of H-pyrrole nitrogens is 1. The van der Waals surface area contributed by atoms with E-state index in [0.717, 1.165) is 28.6 Å². The van der Waals surface area contributed by atoms with Gasteiger partial charge in [0.25, 0.3) is 0 Å². The van der Waals surface area contributed by atoms with Crippen molar-refractivity contribution in [3.8, 4) is 11.3 Å². The van der Waals surface area contributed by atoms with Crippen LogP contribution in [0.5, 0.6) is 0 Å². The number of aromatic amines is 1. The Morgan fingerprint density at radius 2 is 1.73 bits per heavy atom. The summed E-state index contributed by atoms with van der Waals surface area (Å²) in [6.45, 7) is 0. The first kappa shape index (κ1) is 16.1. The summed E-state index contributed by atoms with van der Waals surface area (Å²) in [7, 11) is 0. The molecule has 0 spiro atoms. The topological polar surface area (TPSA) is 53.6 Å². The summed E-state index contributed by atoms with van der Waals surface area (Å²) in [5, 5.41) is 4.01. The highest BCUT2D eigenvalue weighted by molar-refractivity contribution is 5.94. The van der Waals surface area contributed by atoms with Gasteiger partial charge in [0.05, 0.1) is 23.7 Å². The largest absolute Gasteiger partial charge is 0.416 e. The van der Waals surface area contributed by atoms with Crippen molar-refractivity contribution in [2.24, 2.45) is 0 Å². The van der Waals surface area contributed by atoms with Crippen molar-refractivity contribution in [2.45, 2.75) is 6.18 Å². The number of aromatic nitrogens is 3. The lowest BCUT2D eigenvalue weighted by Gasteiger charge is -2.10. The highest BCUT2D eigenvalue weighted by atomic mass is 19.4. The van der Waals surface area contributed by atoms with Crippen LogP contribution in [0.2, 0.25) is 0 Å². The third kappa shape index (κ3) is 3.11. The quantitative estimate of drug-likeness (QED) is 0.519. The summed E-state index contributed by atoms with van der Waals surface area (Å²) in [5.41, 5.74) is 2.40. The lowest BCUT2D eigenvalue weighted by atomic mass is 10.1. The van der Waals surface area contributed by atoms with Gasteiger partial charge in [-0.15, -0.1) is 0 Å². The molecule has 26 heavy (non-hydrogen) atoms. The van der Waals surface area contributed by atoms with E-state index in [9.17, 15) is 13.2 Å². The van der Waals surface area contributed by atoms with Gasteiger partial charge in [-0.05, 0) is 36.4 Å². The average Bonchev–Trinajstić information content (AvgIpc) is 3.10. The van der Waals surface area contributed by atoms with E-state index < -0.39 is 11.7 Å². The number of anilines is 2. The molecule has 4 rings (SSSR count). The van der Waals surface area contributed by atoms with E-state index in [-0.39, 0.29) is 0 Å². The Kier molecular flexibility index (Phi) is 3.84. The maximum absolute atomic E-state index is 12.6. The minimum absolute atomic E-state index is 0.454. The highest BCUT2D eigenvalue weighted by Crippen LogP contribution is 2.31. The molecule has 0 aliphatic carbocycles. The van der Waals surface area contributed by atoms with E-state index >= 15 is 0 Å². The van der Waals surface area contributed by atoms with Gasteiger partial charge in [0.2, 0.25) is 0 Å². The van der Waals surface area contributed by atoms with Crippen LogP contribution >= 0.6 is 0 Å². The van der Waals surface area contributed by atoms with E-state index in [1.54, 1.807) is 6.20 Å². The molecule has 0 amide bonds. The van der Waals surface area contributed by atoms with Gasteiger partial charge in [-0.25, -0.2) is 4.98 Å². The Balaban J connectivity index is 1.63. The summed E-state index contributed by atoms with van der Waals surface area (Å²) in [6, 6.07) is 12.6. The molecule has 0 saturated carbocycles. The monoisotopic (exact) mass is 354 g/mol. The zero-order chi connectivity index (χ0) is 18.1. The minimum Gasteiger partial charge on any atom is -0.361 e. The van der Waals surface area contributed by atoms with Crippen LogP contribution in [0.15, 0.2) is 67.1 Å². The van der Waals surface area contributed by atoms with E-state index in [4.69, 9.17) is 0 Å². The molecule has 0 aliphatic heterocycles. The van der Waals surface area contributed by atoms with Crippen LogP contribution in [0.25, 0.3) is 22.2 Å². The normalized spacial score (nSPS) is 11.7. The Morgan fingerprint density at radius 3 is 2.50 bits per heavy atom. The van der Waals surface area contributed by atoms with Crippen LogP contribution in [-0.2, 0) is 6.18 Å². The third-order valence-corrected chi connectivity index (χ3v) is 3.99. The van der Waals surface area contributed by atoms with E-state index in [0.29, 0.717) is 17.2 Å². The first-order valence-corrected chi connectivity index (χ1v) is 7.83. The molecule has 0 bridgehead atoms. The molecule has 2 aromatic heterocycles. The summed E-state index contributed by atoms with van der Waals surface area (Å²) in [6.07, 6.45) is 0.678. The third-order valence-electron chi connectivity index (χ3n) is 3.99. The second-order valence-electron chi connectivity index (χ2n) is 5.73. The number of halogens is 3. The second kappa shape index (κ2) is 6.18. The smallest absolute Gasteiger partial charge is 0.361 e. The van der Waals surface area contributed by atoms with Gasteiger partial charge in [0, 0.05) is 28.4 Å². The van der Waals surface area contributed by atoms with Crippen molar-refractivity contribution in [1.82, 2.24) is 15.0 Å². The number of alkyl halides is 3. The average molecular weight is 354 g/mol. The van der Waals surface area contributed by atoms with Crippen molar-refractivity contribution >= 4 is 22.4 Å². The van der Waals surface area contributed by atoms with Crippen molar-refractivity contribution < 1.29 is 13.2 Å². The zero-order valence-electron chi connectivity index (χ0n) is 13.4. The van der Waals surface area contributed by atoms with Crippen LogP contribution in [0.1, 0.15) is 5.56 Å². The predicted molar refractivity (Wildman–Crippen MR) is 94.1 cm³/mol. The first-order chi connectivity index (χ1) is 12.5. The highest BCUT2D eigenvalue weighted by Gasteiger charge is 2.29. The lowest BCUT2D eigenvalue weighted by Crippen LogP contribution is -2.04. The molecular formula is C19H13F3N4. The number of hydrogen-bond acceptors (Lipinski definition) is 3. The van der Waals surface area contributed by atoms with Crippen LogP contribution in [0.3, 0.4) is 0 Å². The predicted octanol–water partition coefficient (Wildman–Crippen LogP) is 5.39. The SMILES string of the molecule is FC(F)(F)c1ccc(Nc2cncc(-c3cccc4[nH]ccc34)n2)cc1.